The highest BCUT2D eigenvalue weighted by molar-refractivity contribution is 6.30. The molecule has 136 valence electrons. The molecule has 25 heavy (non-hydrogen) atoms. The number of carbonyl (C=O) groups excluding carboxylic acids is 1. The van der Waals surface area contributed by atoms with E-state index in [1.54, 1.807) is 20.8 Å². The summed E-state index contributed by atoms with van der Waals surface area (Å²) in [5.74, 6) is 0.506. The number of rotatable bonds is 3. The Morgan fingerprint density at radius 1 is 1.52 bits per heavy atom. The smallest absolute Gasteiger partial charge is 0.407 e. The fourth-order valence-corrected chi connectivity index (χ4v) is 2.62. The van der Waals surface area contributed by atoms with Crippen LogP contribution < -0.4 is 10.2 Å². The van der Waals surface area contributed by atoms with Crippen molar-refractivity contribution in [1.29, 1.82) is 5.26 Å². The van der Waals surface area contributed by atoms with E-state index >= 15 is 0 Å². The van der Waals surface area contributed by atoms with Gasteiger partial charge in [-0.15, -0.1) is 0 Å². The van der Waals surface area contributed by atoms with Gasteiger partial charge in [-0.3, -0.25) is 0 Å². The lowest BCUT2D eigenvalue weighted by Crippen LogP contribution is -2.49. The number of alkyl halides is 1. The van der Waals surface area contributed by atoms with Gasteiger partial charge in [0.1, 0.15) is 23.2 Å². The van der Waals surface area contributed by atoms with Gasteiger partial charge >= 0.3 is 6.09 Å². The highest BCUT2D eigenvalue weighted by Crippen LogP contribution is 2.29. The first kappa shape index (κ1) is 19.2. The number of alkyl carbamates (subject to hydrolysis) is 1. The number of nitrogens with zero attached hydrogens (tertiary/aromatic N) is 4. The summed E-state index contributed by atoms with van der Waals surface area (Å²) in [5.41, 5.74) is -2.06. The fourth-order valence-electron chi connectivity index (χ4n) is 2.44. The molecular weight excluding hydrogens is 349 g/mol. The molecule has 0 bridgehead atoms. The summed E-state index contributed by atoms with van der Waals surface area (Å²) in [7, 11) is 0. The summed E-state index contributed by atoms with van der Waals surface area (Å²) in [6.45, 7) is 5.96. The number of aromatic nitrogens is 2. The minimum atomic E-state index is -1.50. The minimum Gasteiger partial charge on any atom is -0.444 e. The maximum atomic E-state index is 14.9. The maximum Gasteiger partial charge on any atom is 0.407 e. The van der Waals surface area contributed by atoms with E-state index in [1.807, 2.05) is 11.0 Å². The van der Waals surface area contributed by atoms with Crippen LogP contribution in [0.3, 0.4) is 0 Å². The van der Waals surface area contributed by atoms with E-state index in [0.29, 0.717) is 18.9 Å². The third kappa shape index (κ3) is 5.43. The van der Waals surface area contributed by atoms with Crippen LogP contribution in [0, 0.1) is 11.3 Å². The number of carbonyl (C=O) groups is 1. The topological polar surface area (TPSA) is 91.1 Å². The van der Waals surface area contributed by atoms with Crippen LogP contribution in [0.25, 0.3) is 0 Å². The molecule has 0 spiro atoms. The molecule has 7 nitrogen and oxygen atoms in total. The highest BCUT2D eigenvalue weighted by atomic mass is 35.5. The van der Waals surface area contributed by atoms with Gasteiger partial charge in [0.05, 0.1) is 12.7 Å². The summed E-state index contributed by atoms with van der Waals surface area (Å²) in [4.78, 5) is 21.6. The molecule has 0 unspecified atom stereocenters. The fraction of sp³-hybridized carbons (Fsp3) is 0.625. The van der Waals surface area contributed by atoms with Crippen molar-refractivity contribution in [2.24, 2.45) is 0 Å². The number of amides is 1. The predicted octanol–water partition coefficient (Wildman–Crippen LogP) is 2.83. The molecule has 1 saturated heterocycles. The third-order valence-electron chi connectivity index (χ3n) is 3.76. The van der Waals surface area contributed by atoms with Gasteiger partial charge in [-0.1, -0.05) is 11.6 Å². The first-order chi connectivity index (χ1) is 11.6. The van der Waals surface area contributed by atoms with Gasteiger partial charge in [0.2, 0.25) is 0 Å². The monoisotopic (exact) mass is 369 g/mol. The molecule has 0 aromatic carbocycles. The Morgan fingerprint density at radius 2 is 2.16 bits per heavy atom. The molecule has 1 aliphatic heterocycles. The first-order valence-corrected chi connectivity index (χ1v) is 8.33. The Bertz CT molecular complexity index is 678. The first-order valence-electron chi connectivity index (χ1n) is 7.95. The lowest BCUT2D eigenvalue weighted by atomic mass is 9.93. The normalized spacial score (nSPS) is 16.9. The average Bonchev–Trinajstić information content (AvgIpc) is 2.52. The second-order valence-corrected chi connectivity index (χ2v) is 7.33. The molecule has 0 aliphatic carbocycles. The third-order valence-corrected chi connectivity index (χ3v) is 4.02. The second kappa shape index (κ2) is 7.40. The van der Waals surface area contributed by atoms with Crippen LogP contribution in [-0.2, 0) is 4.74 Å². The number of anilines is 1. The molecule has 0 radical (unpaired) electrons. The highest BCUT2D eigenvalue weighted by Gasteiger charge is 2.36. The van der Waals surface area contributed by atoms with Gasteiger partial charge in [0, 0.05) is 25.9 Å². The summed E-state index contributed by atoms with van der Waals surface area (Å²) < 4.78 is 20.0. The maximum absolute atomic E-state index is 14.9. The van der Waals surface area contributed by atoms with Crippen LogP contribution in [0.1, 0.15) is 39.3 Å². The molecule has 2 heterocycles. The van der Waals surface area contributed by atoms with Crippen molar-refractivity contribution < 1.29 is 13.9 Å². The SMILES string of the molecule is CC(C)(C)OC(=O)NCC1(F)CCN(c2cnc(C#N)c(Cl)n2)CC1. The number of ether oxygens (including phenoxy) is 1. The van der Waals surface area contributed by atoms with Gasteiger partial charge in [-0.2, -0.15) is 5.26 Å². The van der Waals surface area contributed by atoms with Gasteiger partial charge < -0.3 is 15.0 Å². The Labute approximate surface area is 151 Å². The Hall–Kier alpha value is -2.14. The zero-order chi connectivity index (χ0) is 18.7. The quantitative estimate of drug-likeness (QED) is 0.880. The molecule has 1 aromatic heterocycles. The van der Waals surface area contributed by atoms with E-state index in [2.05, 4.69) is 15.3 Å². The molecule has 1 aliphatic rings. The van der Waals surface area contributed by atoms with Gasteiger partial charge in [0.25, 0.3) is 0 Å². The molecule has 9 heteroatoms. The van der Waals surface area contributed by atoms with Crippen LogP contribution in [-0.4, -0.2) is 47.0 Å². The molecule has 2 rings (SSSR count). The van der Waals surface area contributed by atoms with Crippen LogP contribution in [0.5, 0.6) is 0 Å². The number of nitriles is 1. The zero-order valence-corrected chi connectivity index (χ0v) is 15.2. The van der Waals surface area contributed by atoms with E-state index in [4.69, 9.17) is 21.6 Å². The number of piperidine rings is 1. The largest absolute Gasteiger partial charge is 0.444 e. The van der Waals surface area contributed by atoms with Gasteiger partial charge in [-0.05, 0) is 20.8 Å². The number of halogens is 2. The Balaban J connectivity index is 1.89. The van der Waals surface area contributed by atoms with Crippen molar-refractivity contribution >= 4 is 23.5 Å². The Morgan fingerprint density at radius 3 is 2.68 bits per heavy atom. The van der Waals surface area contributed by atoms with Crippen LogP contribution in [0.4, 0.5) is 15.0 Å². The lowest BCUT2D eigenvalue weighted by Gasteiger charge is -2.37. The van der Waals surface area contributed by atoms with Crippen LogP contribution in [0.2, 0.25) is 5.15 Å². The molecule has 1 N–H and O–H groups in total. The van der Waals surface area contributed by atoms with E-state index in [-0.39, 0.29) is 30.2 Å². The lowest BCUT2D eigenvalue weighted by molar-refractivity contribution is 0.0453. The second-order valence-electron chi connectivity index (χ2n) is 6.97. The number of hydrogen-bond acceptors (Lipinski definition) is 6. The zero-order valence-electron chi connectivity index (χ0n) is 14.5. The van der Waals surface area contributed by atoms with Gasteiger partial charge in [-0.25, -0.2) is 19.2 Å². The van der Waals surface area contributed by atoms with Crippen molar-refractivity contribution in [1.82, 2.24) is 15.3 Å². The van der Waals surface area contributed by atoms with Crippen molar-refractivity contribution in [2.75, 3.05) is 24.5 Å². The van der Waals surface area contributed by atoms with E-state index in [0.717, 1.165) is 0 Å². The summed E-state index contributed by atoms with van der Waals surface area (Å²) >= 11 is 5.88. The van der Waals surface area contributed by atoms with Crippen molar-refractivity contribution in [3.05, 3.63) is 17.0 Å². The van der Waals surface area contributed by atoms with Gasteiger partial charge in [0.15, 0.2) is 10.8 Å². The van der Waals surface area contributed by atoms with Crippen LogP contribution >= 0.6 is 11.6 Å². The average molecular weight is 370 g/mol. The molecule has 0 saturated carbocycles. The Kier molecular flexibility index (Phi) is 5.68. The minimum absolute atomic E-state index is 0.0312. The number of hydrogen-bond donors (Lipinski definition) is 1. The van der Waals surface area contributed by atoms with Crippen molar-refractivity contribution in [3.63, 3.8) is 0 Å². The van der Waals surface area contributed by atoms with E-state index in [9.17, 15) is 9.18 Å². The van der Waals surface area contributed by atoms with Crippen LogP contribution in [0.15, 0.2) is 6.20 Å². The number of nitrogens with one attached hydrogen (secondary N) is 1. The summed E-state index contributed by atoms with van der Waals surface area (Å²) in [6, 6.07) is 1.85. The standard InChI is InChI=1S/C16H21ClFN5O2/c1-15(2,3)25-14(24)21-10-16(18)4-6-23(7-5-16)12-9-20-11(8-19)13(17)22-12/h9H,4-7,10H2,1-3H3,(H,21,24). The van der Waals surface area contributed by atoms with Crippen molar-refractivity contribution in [2.45, 2.75) is 44.9 Å². The van der Waals surface area contributed by atoms with Crippen molar-refractivity contribution in [3.8, 4) is 6.07 Å². The van der Waals surface area contributed by atoms with E-state index in [1.165, 1.54) is 6.20 Å². The molecule has 1 aromatic rings. The molecule has 0 atom stereocenters. The molecule has 1 amide bonds. The molecular formula is C16H21ClFN5O2. The summed E-state index contributed by atoms with van der Waals surface area (Å²) in [6.07, 6.45) is 1.27. The summed E-state index contributed by atoms with van der Waals surface area (Å²) in [5, 5.41) is 11.3. The predicted molar refractivity (Wildman–Crippen MR) is 91.3 cm³/mol. The van der Waals surface area contributed by atoms with E-state index < -0.39 is 17.4 Å². The molecule has 1 fully saturated rings.